The molecule has 0 aromatic heterocycles. The van der Waals surface area contributed by atoms with Crippen LogP contribution >= 0.6 is 12.4 Å². The van der Waals surface area contributed by atoms with Crippen molar-refractivity contribution < 1.29 is 38.5 Å². The number of carboxylic acids is 1. The van der Waals surface area contributed by atoms with Gasteiger partial charge in [-0.3, -0.25) is 9.59 Å². The highest BCUT2D eigenvalue weighted by Crippen LogP contribution is 2.15. The van der Waals surface area contributed by atoms with E-state index in [1.54, 1.807) is 0 Å². The maximum Gasteiger partial charge on any atom is 0.407 e. The standard InChI is InChI=1S/C14H26N4O4.C9H17N5O4.2CH4.ClH/c1-11(12(19)22-14(2,3)4)7-5-6-8-16-13(20)21-10-9-17-18-15;10-7(8(15)16)3-1-2-4-12-9(17)18-6-5-13-14-11;;;/h11H,5-10H2,1-4H3,(H,16,20);7H,1-6,10H2,(H,12,17)(H,15,16);2*1H4;1H/t11-;7-;;;/m00.../s1. The van der Waals surface area contributed by atoms with Crippen LogP contribution in [0.25, 0.3) is 20.9 Å². The number of esters is 1. The van der Waals surface area contributed by atoms with Crippen LogP contribution in [0.4, 0.5) is 9.59 Å². The Morgan fingerprint density at radius 2 is 1.28 bits per heavy atom. The highest BCUT2D eigenvalue weighted by Gasteiger charge is 2.21. The molecule has 0 aliphatic heterocycles. The van der Waals surface area contributed by atoms with Gasteiger partial charge in [0.15, 0.2) is 0 Å². The van der Waals surface area contributed by atoms with Crippen molar-refractivity contribution in [3.8, 4) is 0 Å². The summed E-state index contributed by atoms with van der Waals surface area (Å²) in [6.07, 6.45) is 2.72. The number of carbonyl (C=O) groups excluding carboxylic acids is 3. The monoisotopic (exact) mass is 641 g/mol. The molecular weight excluding hydrogens is 590 g/mol. The van der Waals surface area contributed by atoms with Crippen LogP contribution in [0, 0.1) is 5.92 Å². The fraction of sp³-hybridized carbons (Fsp3) is 0.840. The van der Waals surface area contributed by atoms with Crippen molar-refractivity contribution >= 4 is 36.5 Å². The van der Waals surface area contributed by atoms with Crippen LogP contribution in [-0.4, -0.2) is 80.3 Å². The Balaban J connectivity index is -0.000000213. The van der Waals surface area contributed by atoms with Crippen LogP contribution in [0.2, 0.25) is 0 Å². The number of unbranched alkanes of at least 4 members (excludes halogenated alkanes) is 2. The summed E-state index contributed by atoms with van der Waals surface area (Å²) >= 11 is 0. The number of hydrogen-bond acceptors (Lipinski definition) is 10. The van der Waals surface area contributed by atoms with E-state index in [-0.39, 0.29) is 65.5 Å². The lowest BCUT2D eigenvalue weighted by Crippen LogP contribution is -2.30. The van der Waals surface area contributed by atoms with Crippen molar-refractivity contribution in [2.45, 2.75) is 92.7 Å². The fourth-order valence-corrected chi connectivity index (χ4v) is 2.64. The van der Waals surface area contributed by atoms with Crippen LogP contribution in [0.3, 0.4) is 0 Å². The van der Waals surface area contributed by atoms with Crippen molar-refractivity contribution in [2.75, 3.05) is 39.4 Å². The number of nitrogens with one attached hydrogen (secondary N) is 2. The predicted octanol–water partition coefficient (Wildman–Crippen LogP) is 5.47. The van der Waals surface area contributed by atoms with Gasteiger partial charge in [-0.15, -0.1) is 12.4 Å². The molecule has 43 heavy (non-hydrogen) atoms. The SMILES string of the molecule is C.C.C[C@@H](CCCCNC(=O)OCCN=[N+]=[N-])C(=O)OC(C)(C)C.Cl.[N-]=[N+]=NCCOC(=O)NCCCC[C@H](N)C(=O)O. The van der Waals surface area contributed by atoms with Gasteiger partial charge < -0.3 is 35.7 Å². The third-order valence-electron chi connectivity index (χ3n) is 4.65. The molecule has 17 nitrogen and oxygen atoms in total. The van der Waals surface area contributed by atoms with E-state index in [1.165, 1.54) is 0 Å². The average molecular weight is 642 g/mol. The van der Waals surface area contributed by atoms with E-state index in [0.29, 0.717) is 38.8 Å². The molecule has 0 spiro atoms. The number of ether oxygens (including phenoxy) is 3. The topological polar surface area (TPSA) is 264 Å². The molecular formula is C25H52ClN9O8. The van der Waals surface area contributed by atoms with Crippen LogP contribution in [0.5, 0.6) is 0 Å². The first-order chi connectivity index (χ1) is 18.8. The van der Waals surface area contributed by atoms with Crippen molar-refractivity contribution in [3.63, 3.8) is 0 Å². The van der Waals surface area contributed by atoms with Gasteiger partial charge in [0.25, 0.3) is 0 Å². The van der Waals surface area contributed by atoms with Gasteiger partial charge in [0.1, 0.15) is 11.6 Å². The second-order valence-corrected chi connectivity index (χ2v) is 9.41. The Morgan fingerprint density at radius 1 is 0.860 bits per heavy atom. The molecule has 0 aliphatic rings. The molecule has 0 aromatic rings. The zero-order valence-corrected chi connectivity index (χ0v) is 24.9. The third-order valence-corrected chi connectivity index (χ3v) is 4.65. The van der Waals surface area contributed by atoms with Gasteiger partial charge in [-0.05, 0) is 63.9 Å². The second-order valence-electron chi connectivity index (χ2n) is 9.41. The Bertz CT molecular complexity index is 862. The van der Waals surface area contributed by atoms with Crippen LogP contribution in [0.1, 0.15) is 81.1 Å². The summed E-state index contributed by atoms with van der Waals surface area (Å²) in [7, 11) is 0. The van der Waals surface area contributed by atoms with E-state index in [1.807, 2.05) is 27.7 Å². The first-order valence-electron chi connectivity index (χ1n) is 12.9. The second kappa shape index (κ2) is 31.3. The number of carboxylic acid groups (broad SMARTS) is 1. The molecule has 0 saturated heterocycles. The number of nitrogens with zero attached hydrogens (tertiary/aromatic N) is 6. The first-order valence-corrected chi connectivity index (χ1v) is 12.9. The van der Waals surface area contributed by atoms with Gasteiger partial charge in [0, 0.05) is 22.9 Å². The van der Waals surface area contributed by atoms with Crippen LogP contribution < -0.4 is 16.4 Å². The Labute approximate surface area is 260 Å². The summed E-state index contributed by atoms with van der Waals surface area (Å²) < 4.78 is 14.7. The zero-order valence-electron chi connectivity index (χ0n) is 24.1. The zero-order chi connectivity index (χ0) is 30.8. The average Bonchev–Trinajstić information content (AvgIpc) is 2.87. The molecule has 0 saturated carbocycles. The predicted molar refractivity (Wildman–Crippen MR) is 166 cm³/mol. The molecule has 0 fully saturated rings. The van der Waals surface area contributed by atoms with E-state index in [0.717, 1.165) is 12.8 Å². The minimum absolute atomic E-state index is 0. The van der Waals surface area contributed by atoms with Crippen molar-refractivity contribution in [1.29, 1.82) is 0 Å². The number of carbonyl (C=O) groups is 4. The molecule has 252 valence electrons. The van der Waals surface area contributed by atoms with E-state index in [9.17, 15) is 19.2 Å². The molecule has 0 aliphatic carbocycles. The summed E-state index contributed by atoms with van der Waals surface area (Å²) in [6, 6.07) is -0.860. The molecule has 0 bridgehead atoms. The minimum atomic E-state index is -1.03. The number of amides is 2. The minimum Gasteiger partial charge on any atom is -0.480 e. The van der Waals surface area contributed by atoms with Gasteiger partial charge in [0.05, 0.1) is 32.2 Å². The van der Waals surface area contributed by atoms with Gasteiger partial charge in [-0.25, -0.2) is 9.59 Å². The quantitative estimate of drug-likeness (QED) is 0.0368. The maximum atomic E-state index is 11.8. The highest BCUT2D eigenvalue weighted by atomic mass is 35.5. The smallest absolute Gasteiger partial charge is 0.407 e. The number of nitrogens with two attached hydrogens (primary N) is 1. The van der Waals surface area contributed by atoms with E-state index < -0.39 is 29.8 Å². The number of azide groups is 2. The molecule has 0 rings (SSSR count). The molecule has 2 atom stereocenters. The number of rotatable bonds is 18. The largest absolute Gasteiger partial charge is 0.480 e. The molecule has 0 aromatic carbocycles. The van der Waals surface area contributed by atoms with E-state index in [4.69, 9.17) is 31.4 Å². The Hall–Kier alpha value is -3.65. The van der Waals surface area contributed by atoms with Crippen LogP contribution in [0.15, 0.2) is 10.2 Å². The number of hydrogen-bond donors (Lipinski definition) is 4. The van der Waals surface area contributed by atoms with Crippen molar-refractivity contribution in [2.24, 2.45) is 21.9 Å². The Kier molecular flexibility index (Phi) is 35.7. The van der Waals surface area contributed by atoms with Crippen molar-refractivity contribution in [3.05, 3.63) is 20.9 Å². The molecule has 0 radical (unpaired) electrons. The van der Waals surface area contributed by atoms with E-state index >= 15 is 0 Å². The van der Waals surface area contributed by atoms with E-state index in [2.05, 4.69) is 35.4 Å². The number of halogens is 1. The first kappa shape index (κ1) is 49.0. The lowest BCUT2D eigenvalue weighted by molar-refractivity contribution is -0.159. The van der Waals surface area contributed by atoms with Gasteiger partial charge in [0.2, 0.25) is 0 Å². The van der Waals surface area contributed by atoms with Crippen molar-refractivity contribution in [1.82, 2.24) is 10.6 Å². The Morgan fingerprint density at radius 3 is 1.65 bits per heavy atom. The lowest BCUT2D eigenvalue weighted by Gasteiger charge is -2.22. The summed E-state index contributed by atoms with van der Waals surface area (Å²) in [4.78, 5) is 49.5. The molecule has 2 amide bonds. The van der Waals surface area contributed by atoms with Gasteiger partial charge in [-0.2, -0.15) is 0 Å². The summed E-state index contributed by atoms with van der Waals surface area (Å²) in [6.45, 7) is 8.53. The van der Waals surface area contributed by atoms with Gasteiger partial charge >= 0.3 is 24.1 Å². The summed E-state index contributed by atoms with van der Waals surface area (Å²) in [5, 5.41) is 20.0. The normalized spacial score (nSPS) is 10.8. The number of aliphatic carboxylic acids is 1. The molecule has 0 unspecified atom stereocenters. The summed E-state index contributed by atoms with van der Waals surface area (Å²) in [5.74, 6) is -1.38. The molecule has 18 heteroatoms. The summed E-state index contributed by atoms with van der Waals surface area (Å²) in [5.41, 5.74) is 20.8. The maximum absolute atomic E-state index is 11.8. The van der Waals surface area contributed by atoms with Gasteiger partial charge in [-0.1, -0.05) is 38.4 Å². The van der Waals surface area contributed by atoms with Crippen LogP contribution in [-0.2, 0) is 23.8 Å². The lowest BCUT2D eigenvalue weighted by atomic mass is 10.0. The molecule has 0 heterocycles. The molecule has 5 N–H and O–H groups in total. The third kappa shape index (κ3) is 36.3. The number of alkyl carbamates (subject to hydrolysis) is 2. The fourth-order valence-electron chi connectivity index (χ4n) is 2.64. The highest BCUT2D eigenvalue weighted by molar-refractivity contribution is 5.85.